The molecule has 0 fully saturated rings. The van der Waals surface area contributed by atoms with E-state index in [2.05, 4.69) is 15.6 Å². The van der Waals surface area contributed by atoms with Gasteiger partial charge in [-0.05, 0) is 41.2 Å². The Labute approximate surface area is 162 Å². The van der Waals surface area contributed by atoms with Crippen LogP contribution < -0.4 is 11.1 Å². The summed E-state index contributed by atoms with van der Waals surface area (Å²) in [6.45, 7) is 1.97. The van der Waals surface area contributed by atoms with Gasteiger partial charge in [0.15, 0.2) is 5.69 Å². The summed E-state index contributed by atoms with van der Waals surface area (Å²) in [5.74, 6) is 0.632. The number of nitrogens with zero attached hydrogens (tertiary/aromatic N) is 4. The van der Waals surface area contributed by atoms with Gasteiger partial charge in [0.05, 0.1) is 10.9 Å². The molecule has 0 aliphatic heterocycles. The van der Waals surface area contributed by atoms with Crippen LogP contribution in [0.1, 0.15) is 12.7 Å². The number of hydrazine groups is 1. The predicted octanol–water partition coefficient (Wildman–Crippen LogP) is 4.55. The Morgan fingerprint density at radius 3 is 2.29 bits per heavy atom. The molecule has 0 saturated carbocycles. The normalized spacial score (nSPS) is 11.5. The topological polar surface area (TPSA) is 62.3 Å². The third-order valence-corrected chi connectivity index (χ3v) is 4.33. The molecule has 0 spiro atoms. The van der Waals surface area contributed by atoms with Gasteiger partial charge in [-0.3, -0.25) is 0 Å². The molecule has 4 rings (SSSR count). The summed E-state index contributed by atoms with van der Waals surface area (Å²) in [6, 6.07) is 26.6. The van der Waals surface area contributed by atoms with Crippen molar-refractivity contribution in [2.75, 3.05) is 5.53 Å². The zero-order chi connectivity index (χ0) is 19.3. The van der Waals surface area contributed by atoms with Gasteiger partial charge in [-0.25, -0.2) is 9.78 Å². The lowest BCUT2D eigenvalue weighted by Crippen LogP contribution is -2.36. The Hall–Kier alpha value is -3.80. The van der Waals surface area contributed by atoms with E-state index in [1.54, 1.807) is 10.9 Å². The molecule has 0 bridgehead atoms. The fourth-order valence-corrected chi connectivity index (χ4v) is 2.93. The van der Waals surface area contributed by atoms with Crippen molar-refractivity contribution in [3.63, 3.8) is 0 Å². The van der Waals surface area contributed by atoms with E-state index in [0.717, 1.165) is 11.4 Å². The molecule has 0 aliphatic carbocycles. The molecule has 0 atom stereocenters. The maximum Gasteiger partial charge on any atom is 0.367 e. The Bertz CT molecular complexity index is 1180. The molecule has 6 nitrogen and oxygen atoms in total. The Morgan fingerprint density at radius 1 is 0.929 bits per heavy atom. The van der Waals surface area contributed by atoms with E-state index in [9.17, 15) is 4.79 Å². The monoisotopic (exact) mass is 370 g/mol. The van der Waals surface area contributed by atoms with Gasteiger partial charge in [-0.15, -0.1) is 0 Å². The highest BCUT2D eigenvalue weighted by Gasteiger charge is 2.18. The minimum absolute atomic E-state index is 0.161. The van der Waals surface area contributed by atoms with Crippen molar-refractivity contribution in [2.45, 2.75) is 13.3 Å². The van der Waals surface area contributed by atoms with Crippen LogP contribution in [0.25, 0.3) is 10.9 Å². The van der Waals surface area contributed by atoms with E-state index >= 15 is 0 Å². The number of benzene rings is 3. The molecule has 1 heterocycles. The third kappa shape index (κ3) is 3.53. The predicted molar refractivity (Wildman–Crippen MR) is 110 cm³/mol. The molecule has 4 aromatic rings. The molecule has 138 valence electrons. The van der Waals surface area contributed by atoms with Crippen LogP contribution in [0.3, 0.4) is 0 Å². The fourth-order valence-electron chi connectivity index (χ4n) is 2.93. The number of azo groups is 1. The maximum absolute atomic E-state index is 13.1. The van der Waals surface area contributed by atoms with Gasteiger partial charge >= 0.3 is 5.56 Å². The van der Waals surface area contributed by atoms with Crippen molar-refractivity contribution in [2.24, 2.45) is 5.11 Å². The van der Waals surface area contributed by atoms with Gasteiger partial charge in [-0.1, -0.05) is 70.8 Å². The first-order chi connectivity index (χ1) is 13.8. The second-order valence-electron chi connectivity index (χ2n) is 6.22. The van der Waals surface area contributed by atoms with E-state index in [0.29, 0.717) is 23.1 Å². The molecule has 1 N–H and O–H groups in total. The van der Waals surface area contributed by atoms with Crippen molar-refractivity contribution in [3.8, 4) is 0 Å². The number of aromatic nitrogens is 2. The third-order valence-electron chi connectivity index (χ3n) is 4.33. The summed E-state index contributed by atoms with van der Waals surface area (Å²) in [4.78, 5) is 19.3. The van der Waals surface area contributed by atoms with E-state index in [1.165, 1.54) is 4.68 Å². The van der Waals surface area contributed by atoms with Gasteiger partial charge in [0, 0.05) is 6.42 Å². The zero-order valence-corrected chi connectivity index (χ0v) is 15.5. The molecule has 1 aromatic heterocycles. The summed E-state index contributed by atoms with van der Waals surface area (Å²) >= 11 is 0. The summed E-state index contributed by atoms with van der Waals surface area (Å²) in [6.07, 6.45) is 0.598. The SMILES string of the molecule is CCc1nc2ccccc2c(=O)n1N[N+](=Nc1ccccc1)c1ccccc1. The first-order valence-corrected chi connectivity index (χ1v) is 9.15. The molecule has 6 heteroatoms. The van der Waals surface area contributed by atoms with E-state index in [4.69, 9.17) is 0 Å². The summed E-state index contributed by atoms with van der Waals surface area (Å²) in [7, 11) is 0. The van der Waals surface area contributed by atoms with Crippen LogP contribution in [0.15, 0.2) is 94.8 Å². The molecule has 0 radical (unpaired) electrons. The standard InChI is InChI=1S/C22H20N5O/c1-2-21-23-20-16-10-9-15-19(20)22(28)26(21)25-27(18-13-7-4-8-14-18)24-17-11-5-3-6-12-17/h3-16H,2H2,1H3,(H,24,25)/q+1. The summed E-state index contributed by atoms with van der Waals surface area (Å²) in [5, 5.41) is 5.21. The lowest BCUT2D eigenvalue weighted by Gasteiger charge is -2.09. The Kier molecular flexibility index (Phi) is 4.93. The number of nitrogens with one attached hydrogen (secondary N) is 1. The smallest absolute Gasteiger partial charge is 0.238 e. The largest absolute Gasteiger partial charge is 0.367 e. The second-order valence-corrected chi connectivity index (χ2v) is 6.22. The van der Waals surface area contributed by atoms with Crippen molar-refractivity contribution in [1.29, 1.82) is 0 Å². The van der Waals surface area contributed by atoms with Gasteiger partial charge in [-0.2, -0.15) is 0 Å². The minimum atomic E-state index is -0.161. The van der Waals surface area contributed by atoms with Crippen molar-refractivity contribution in [3.05, 3.63) is 101 Å². The van der Waals surface area contributed by atoms with Gasteiger partial charge in [0.1, 0.15) is 5.69 Å². The molecule has 0 unspecified atom stereocenters. The van der Waals surface area contributed by atoms with Crippen LogP contribution in [-0.4, -0.2) is 14.5 Å². The quantitative estimate of drug-likeness (QED) is 0.319. The average molecular weight is 370 g/mol. The Balaban J connectivity index is 1.87. The molecule has 0 amide bonds. The number of aryl methyl sites for hydroxylation is 1. The van der Waals surface area contributed by atoms with Gasteiger partial charge in [0.25, 0.3) is 0 Å². The van der Waals surface area contributed by atoms with Crippen LogP contribution in [-0.2, 0) is 6.42 Å². The second kappa shape index (κ2) is 7.84. The molecule has 0 aliphatic rings. The van der Waals surface area contributed by atoms with Crippen LogP contribution in [0.4, 0.5) is 11.4 Å². The van der Waals surface area contributed by atoms with Crippen LogP contribution >= 0.6 is 0 Å². The van der Waals surface area contributed by atoms with Crippen LogP contribution in [0, 0.1) is 0 Å². The van der Waals surface area contributed by atoms with Gasteiger partial charge < -0.3 is 0 Å². The fraction of sp³-hybridized carbons (Fsp3) is 0.0909. The molecular formula is C22H20N5O+. The maximum atomic E-state index is 13.1. The highest BCUT2D eigenvalue weighted by Crippen LogP contribution is 2.17. The first-order valence-electron chi connectivity index (χ1n) is 9.15. The van der Waals surface area contributed by atoms with E-state index in [-0.39, 0.29) is 5.56 Å². The van der Waals surface area contributed by atoms with Crippen LogP contribution in [0.2, 0.25) is 0 Å². The lowest BCUT2D eigenvalue weighted by molar-refractivity contribution is -0.491. The molecule has 0 saturated heterocycles. The average Bonchev–Trinajstić information content (AvgIpc) is 2.76. The number of rotatable bonds is 5. The van der Waals surface area contributed by atoms with Crippen molar-refractivity contribution >= 4 is 22.3 Å². The van der Waals surface area contributed by atoms with Crippen LogP contribution in [0.5, 0.6) is 0 Å². The highest BCUT2D eigenvalue weighted by atomic mass is 16.1. The zero-order valence-electron chi connectivity index (χ0n) is 15.5. The van der Waals surface area contributed by atoms with Crippen molar-refractivity contribution in [1.82, 2.24) is 9.66 Å². The molecular weight excluding hydrogens is 350 g/mol. The Morgan fingerprint density at radius 2 is 1.57 bits per heavy atom. The lowest BCUT2D eigenvalue weighted by atomic mass is 10.2. The summed E-state index contributed by atoms with van der Waals surface area (Å²) in [5.41, 5.74) is 5.22. The molecule has 3 aromatic carbocycles. The minimum Gasteiger partial charge on any atom is -0.238 e. The highest BCUT2D eigenvalue weighted by molar-refractivity contribution is 5.77. The molecule has 28 heavy (non-hydrogen) atoms. The van der Waals surface area contributed by atoms with Crippen molar-refractivity contribution < 1.29 is 4.81 Å². The first kappa shape index (κ1) is 17.6. The summed E-state index contributed by atoms with van der Waals surface area (Å²) < 4.78 is 1.46. The van der Waals surface area contributed by atoms with E-state index < -0.39 is 0 Å². The number of fused-ring (bicyclic) bond motifs is 1. The number of hydrogen-bond donors (Lipinski definition) is 1. The number of hydrogen-bond acceptors (Lipinski definition) is 3. The van der Waals surface area contributed by atoms with Gasteiger partial charge in [0.2, 0.25) is 5.82 Å². The van der Waals surface area contributed by atoms with E-state index in [1.807, 2.05) is 85.8 Å². The number of para-hydroxylation sites is 2.